The molecule has 5 heteroatoms. The highest BCUT2D eigenvalue weighted by molar-refractivity contribution is 5.94. The van der Waals surface area contributed by atoms with Crippen molar-refractivity contribution in [1.29, 1.82) is 0 Å². The van der Waals surface area contributed by atoms with Crippen LogP contribution in [0.25, 0.3) is 0 Å². The molecule has 0 radical (unpaired) electrons. The quantitative estimate of drug-likeness (QED) is 0.620. The van der Waals surface area contributed by atoms with Gasteiger partial charge in [0.05, 0.1) is 0 Å². The molecule has 2 atom stereocenters. The molecule has 1 fully saturated rings. The van der Waals surface area contributed by atoms with Crippen LogP contribution in [0.1, 0.15) is 24.2 Å². The molecular weight excluding hydrogens is 240 g/mol. The van der Waals surface area contributed by atoms with Crippen LogP contribution >= 0.6 is 0 Å². The SMILES string of the molecule is CC1CN(C(=O)c2ccc(NN)cc2)CC(C)N1C. The lowest BCUT2D eigenvalue weighted by Crippen LogP contribution is -2.56. The van der Waals surface area contributed by atoms with Crippen LogP contribution in [0.2, 0.25) is 0 Å². The molecule has 19 heavy (non-hydrogen) atoms. The third-order valence-corrected chi connectivity index (χ3v) is 3.95. The standard InChI is InChI=1S/C14H22N4O/c1-10-8-18(9-11(2)17(10)3)14(19)12-4-6-13(16-15)7-5-12/h4-7,10-11,16H,8-9,15H2,1-3H3. The maximum Gasteiger partial charge on any atom is 0.253 e. The Hall–Kier alpha value is -1.59. The van der Waals surface area contributed by atoms with Gasteiger partial charge in [-0.05, 0) is 45.2 Å². The van der Waals surface area contributed by atoms with Crippen molar-refractivity contribution in [2.45, 2.75) is 25.9 Å². The summed E-state index contributed by atoms with van der Waals surface area (Å²) in [4.78, 5) is 16.7. The minimum Gasteiger partial charge on any atom is -0.336 e. The van der Waals surface area contributed by atoms with Crippen LogP contribution in [0.3, 0.4) is 0 Å². The molecular formula is C14H22N4O. The molecule has 0 bridgehead atoms. The Morgan fingerprint density at radius 3 is 2.21 bits per heavy atom. The smallest absolute Gasteiger partial charge is 0.253 e. The lowest BCUT2D eigenvalue weighted by atomic mass is 10.1. The van der Waals surface area contributed by atoms with Crippen LogP contribution in [-0.2, 0) is 0 Å². The summed E-state index contributed by atoms with van der Waals surface area (Å²) in [6.45, 7) is 5.85. The van der Waals surface area contributed by atoms with Gasteiger partial charge >= 0.3 is 0 Å². The molecule has 1 amide bonds. The average molecular weight is 262 g/mol. The normalized spacial score (nSPS) is 24.3. The molecule has 5 nitrogen and oxygen atoms in total. The van der Waals surface area contributed by atoms with Crippen molar-refractivity contribution in [2.24, 2.45) is 5.84 Å². The molecule has 1 aromatic rings. The molecule has 1 aromatic carbocycles. The average Bonchev–Trinajstić information content (AvgIpc) is 2.43. The number of rotatable bonds is 2. The number of piperazine rings is 1. The second kappa shape index (κ2) is 5.59. The first kappa shape index (κ1) is 13.8. The maximum absolute atomic E-state index is 12.5. The molecule has 0 saturated carbocycles. The Morgan fingerprint density at radius 2 is 1.74 bits per heavy atom. The first-order chi connectivity index (χ1) is 9.02. The minimum absolute atomic E-state index is 0.0929. The summed E-state index contributed by atoms with van der Waals surface area (Å²) < 4.78 is 0. The number of likely N-dealkylation sites (N-methyl/N-ethyl adjacent to an activating group) is 1. The number of carbonyl (C=O) groups is 1. The van der Waals surface area contributed by atoms with Gasteiger partial charge in [-0.25, -0.2) is 0 Å². The molecule has 1 heterocycles. The van der Waals surface area contributed by atoms with Gasteiger partial charge in [0, 0.05) is 36.4 Å². The van der Waals surface area contributed by atoms with E-state index in [1.807, 2.05) is 29.2 Å². The first-order valence-electron chi connectivity index (χ1n) is 6.61. The van der Waals surface area contributed by atoms with Crippen LogP contribution in [0, 0.1) is 0 Å². The highest BCUT2D eigenvalue weighted by Crippen LogP contribution is 2.17. The van der Waals surface area contributed by atoms with Crippen molar-refractivity contribution >= 4 is 11.6 Å². The van der Waals surface area contributed by atoms with Crippen molar-refractivity contribution in [3.05, 3.63) is 29.8 Å². The third-order valence-electron chi connectivity index (χ3n) is 3.95. The number of hydrogen-bond donors (Lipinski definition) is 2. The molecule has 104 valence electrons. The monoisotopic (exact) mass is 262 g/mol. The zero-order valence-electron chi connectivity index (χ0n) is 11.8. The molecule has 0 aromatic heterocycles. The van der Waals surface area contributed by atoms with E-state index in [1.54, 1.807) is 0 Å². The second-order valence-corrected chi connectivity index (χ2v) is 5.30. The van der Waals surface area contributed by atoms with Crippen molar-refractivity contribution in [1.82, 2.24) is 9.80 Å². The fraction of sp³-hybridized carbons (Fsp3) is 0.500. The Balaban J connectivity index is 2.10. The summed E-state index contributed by atoms with van der Waals surface area (Å²) in [5, 5.41) is 0. The highest BCUT2D eigenvalue weighted by atomic mass is 16.2. The summed E-state index contributed by atoms with van der Waals surface area (Å²) in [5.41, 5.74) is 4.07. The molecule has 1 saturated heterocycles. The van der Waals surface area contributed by atoms with E-state index in [0.717, 1.165) is 18.8 Å². The van der Waals surface area contributed by atoms with Gasteiger partial charge in [-0.2, -0.15) is 0 Å². The fourth-order valence-corrected chi connectivity index (χ4v) is 2.46. The van der Waals surface area contributed by atoms with Gasteiger partial charge in [0.2, 0.25) is 0 Å². The van der Waals surface area contributed by atoms with Gasteiger partial charge in [-0.1, -0.05) is 0 Å². The number of nitrogens with two attached hydrogens (primary N) is 1. The van der Waals surface area contributed by atoms with E-state index < -0.39 is 0 Å². The number of nitrogen functional groups attached to an aromatic ring is 1. The number of carbonyl (C=O) groups excluding carboxylic acids is 1. The maximum atomic E-state index is 12.5. The van der Waals surface area contributed by atoms with E-state index in [9.17, 15) is 4.79 Å². The number of benzene rings is 1. The number of nitrogens with one attached hydrogen (secondary N) is 1. The fourth-order valence-electron chi connectivity index (χ4n) is 2.46. The summed E-state index contributed by atoms with van der Waals surface area (Å²) in [6.07, 6.45) is 0. The van der Waals surface area contributed by atoms with E-state index >= 15 is 0 Å². The van der Waals surface area contributed by atoms with Crippen LogP contribution < -0.4 is 11.3 Å². The summed E-state index contributed by atoms with van der Waals surface area (Å²) in [7, 11) is 2.11. The Kier molecular flexibility index (Phi) is 4.07. The van der Waals surface area contributed by atoms with E-state index in [2.05, 4.69) is 31.2 Å². The zero-order valence-corrected chi connectivity index (χ0v) is 11.8. The van der Waals surface area contributed by atoms with Crippen molar-refractivity contribution in [3.8, 4) is 0 Å². The highest BCUT2D eigenvalue weighted by Gasteiger charge is 2.29. The molecule has 2 rings (SSSR count). The molecule has 1 aliphatic heterocycles. The van der Waals surface area contributed by atoms with E-state index in [-0.39, 0.29) is 5.91 Å². The summed E-state index contributed by atoms with van der Waals surface area (Å²) in [6, 6.07) is 8.03. The van der Waals surface area contributed by atoms with Crippen molar-refractivity contribution in [3.63, 3.8) is 0 Å². The molecule has 0 aliphatic carbocycles. The summed E-state index contributed by atoms with van der Waals surface area (Å²) in [5.74, 6) is 5.41. The van der Waals surface area contributed by atoms with Crippen LogP contribution in [0.5, 0.6) is 0 Å². The molecule has 1 aliphatic rings. The van der Waals surface area contributed by atoms with E-state index in [0.29, 0.717) is 17.6 Å². The topological polar surface area (TPSA) is 61.6 Å². The largest absolute Gasteiger partial charge is 0.336 e. The number of hydrogen-bond acceptors (Lipinski definition) is 4. The number of hydrazine groups is 1. The Bertz CT molecular complexity index is 433. The summed E-state index contributed by atoms with van der Waals surface area (Å²) >= 11 is 0. The van der Waals surface area contributed by atoms with Crippen LogP contribution in [0.15, 0.2) is 24.3 Å². The predicted octanol–water partition coefficient (Wildman–Crippen LogP) is 1.14. The second-order valence-electron chi connectivity index (χ2n) is 5.30. The number of amides is 1. The lowest BCUT2D eigenvalue weighted by molar-refractivity contribution is 0.0414. The van der Waals surface area contributed by atoms with E-state index in [4.69, 9.17) is 5.84 Å². The number of anilines is 1. The van der Waals surface area contributed by atoms with Gasteiger partial charge in [0.15, 0.2) is 0 Å². The van der Waals surface area contributed by atoms with Crippen molar-refractivity contribution < 1.29 is 4.79 Å². The zero-order chi connectivity index (χ0) is 14.0. The molecule has 0 spiro atoms. The number of nitrogens with zero attached hydrogens (tertiary/aromatic N) is 2. The van der Waals surface area contributed by atoms with Crippen LogP contribution in [0.4, 0.5) is 5.69 Å². The minimum atomic E-state index is 0.0929. The van der Waals surface area contributed by atoms with Gasteiger partial charge in [-0.3, -0.25) is 15.5 Å². The third kappa shape index (κ3) is 2.88. The van der Waals surface area contributed by atoms with Gasteiger partial charge in [0.25, 0.3) is 5.91 Å². The Morgan fingerprint density at radius 1 is 1.21 bits per heavy atom. The molecule has 2 unspecified atom stereocenters. The van der Waals surface area contributed by atoms with Crippen LogP contribution in [-0.4, -0.2) is 47.9 Å². The van der Waals surface area contributed by atoms with Crippen molar-refractivity contribution in [2.75, 3.05) is 25.6 Å². The molecule has 3 N–H and O–H groups in total. The van der Waals surface area contributed by atoms with E-state index in [1.165, 1.54) is 0 Å². The van der Waals surface area contributed by atoms with Gasteiger partial charge < -0.3 is 10.3 Å². The Labute approximate surface area is 114 Å². The predicted molar refractivity (Wildman–Crippen MR) is 76.8 cm³/mol. The first-order valence-corrected chi connectivity index (χ1v) is 6.61. The van der Waals surface area contributed by atoms with Gasteiger partial charge in [0.1, 0.15) is 0 Å². The lowest BCUT2D eigenvalue weighted by Gasteiger charge is -2.42. The van der Waals surface area contributed by atoms with Gasteiger partial charge in [-0.15, -0.1) is 0 Å².